The number of aromatic nitrogens is 2. The van der Waals surface area contributed by atoms with Crippen molar-refractivity contribution in [2.75, 3.05) is 5.73 Å². The highest BCUT2D eigenvalue weighted by Crippen LogP contribution is 2.20. The number of nitrogens with zero attached hydrogens (tertiary/aromatic N) is 2. The lowest BCUT2D eigenvalue weighted by Gasteiger charge is -1.98. The highest BCUT2D eigenvalue weighted by molar-refractivity contribution is 7.12. The Kier molecular flexibility index (Phi) is 3.28. The summed E-state index contributed by atoms with van der Waals surface area (Å²) in [5.74, 6) is 0.461. The number of hydrogen-bond acceptors (Lipinski definition) is 4. The lowest BCUT2D eigenvalue weighted by atomic mass is 10.1. The van der Waals surface area contributed by atoms with Crippen LogP contribution in [-0.4, -0.2) is 15.6 Å². The van der Waals surface area contributed by atoms with Crippen molar-refractivity contribution in [3.05, 3.63) is 33.6 Å². The lowest BCUT2D eigenvalue weighted by molar-refractivity contribution is 0.0994. The molecule has 2 rings (SSSR count). The average molecular weight is 249 g/mol. The van der Waals surface area contributed by atoms with Gasteiger partial charge in [-0.15, -0.1) is 11.3 Å². The third kappa shape index (κ3) is 2.39. The first-order valence-electron chi connectivity index (χ1n) is 5.50. The maximum absolute atomic E-state index is 12.0. The normalized spacial score (nSPS) is 10.7. The Labute approximate surface area is 104 Å². The summed E-state index contributed by atoms with van der Waals surface area (Å²) >= 11 is 1.68. The Morgan fingerprint density at radius 3 is 2.71 bits per heavy atom. The van der Waals surface area contributed by atoms with Crippen LogP contribution in [0.1, 0.15) is 27.0 Å². The molecule has 0 aliphatic rings. The van der Waals surface area contributed by atoms with Gasteiger partial charge in [0, 0.05) is 23.2 Å². The Morgan fingerprint density at radius 2 is 2.18 bits per heavy atom. The summed E-state index contributed by atoms with van der Waals surface area (Å²) in [6, 6.07) is 4.08. The molecule has 0 spiro atoms. The molecule has 2 aromatic heterocycles. The minimum Gasteiger partial charge on any atom is -0.383 e. The molecule has 0 aromatic carbocycles. The zero-order chi connectivity index (χ0) is 12.4. The molecule has 0 amide bonds. The van der Waals surface area contributed by atoms with Gasteiger partial charge in [-0.2, -0.15) is 5.10 Å². The molecule has 2 N–H and O–H groups in total. The third-order valence-corrected chi connectivity index (χ3v) is 3.92. The van der Waals surface area contributed by atoms with Crippen LogP contribution < -0.4 is 5.73 Å². The Morgan fingerprint density at radius 1 is 1.47 bits per heavy atom. The van der Waals surface area contributed by atoms with E-state index in [0.717, 1.165) is 11.3 Å². The van der Waals surface area contributed by atoms with Crippen molar-refractivity contribution in [2.24, 2.45) is 7.05 Å². The van der Waals surface area contributed by atoms with Crippen LogP contribution in [0.15, 0.2) is 18.3 Å². The summed E-state index contributed by atoms with van der Waals surface area (Å²) in [6.45, 7) is 2.11. The number of Topliss-reactive ketones (excluding diaryl/α,β-unsaturated/α-hetero) is 1. The molecule has 0 fully saturated rings. The third-order valence-electron chi connectivity index (χ3n) is 2.69. The molecule has 0 atom stereocenters. The van der Waals surface area contributed by atoms with E-state index in [9.17, 15) is 4.79 Å². The SMILES string of the molecule is CCc1ccc(CC(=O)c2cnn(C)c2N)s1. The van der Waals surface area contributed by atoms with Gasteiger partial charge in [0.15, 0.2) is 5.78 Å². The topological polar surface area (TPSA) is 60.9 Å². The van der Waals surface area contributed by atoms with Gasteiger partial charge in [-0.05, 0) is 18.6 Å². The van der Waals surface area contributed by atoms with E-state index in [1.165, 1.54) is 15.8 Å². The van der Waals surface area contributed by atoms with E-state index in [-0.39, 0.29) is 5.78 Å². The van der Waals surface area contributed by atoms with Crippen molar-refractivity contribution in [2.45, 2.75) is 19.8 Å². The van der Waals surface area contributed by atoms with E-state index < -0.39 is 0 Å². The maximum atomic E-state index is 12.0. The molecule has 0 saturated heterocycles. The number of carbonyl (C=O) groups is 1. The number of aryl methyl sites for hydroxylation is 2. The number of thiophene rings is 1. The van der Waals surface area contributed by atoms with E-state index >= 15 is 0 Å². The zero-order valence-electron chi connectivity index (χ0n) is 9.93. The van der Waals surface area contributed by atoms with E-state index in [1.807, 2.05) is 6.07 Å². The fourth-order valence-electron chi connectivity index (χ4n) is 1.62. The van der Waals surface area contributed by atoms with Crippen molar-refractivity contribution in [1.29, 1.82) is 0 Å². The zero-order valence-corrected chi connectivity index (χ0v) is 10.8. The quantitative estimate of drug-likeness (QED) is 0.844. The highest BCUT2D eigenvalue weighted by atomic mass is 32.1. The monoisotopic (exact) mass is 249 g/mol. The molecule has 0 radical (unpaired) electrons. The van der Waals surface area contributed by atoms with Crippen LogP contribution in [0.4, 0.5) is 5.82 Å². The maximum Gasteiger partial charge on any atom is 0.173 e. The Balaban J connectivity index is 2.14. The van der Waals surface area contributed by atoms with E-state index in [1.54, 1.807) is 18.4 Å². The molecule has 2 aromatic rings. The molecular formula is C12H15N3OS. The summed E-state index contributed by atoms with van der Waals surface area (Å²) in [7, 11) is 1.73. The van der Waals surface area contributed by atoms with Crippen molar-refractivity contribution in [1.82, 2.24) is 9.78 Å². The van der Waals surface area contributed by atoms with Crippen molar-refractivity contribution in [3.63, 3.8) is 0 Å². The highest BCUT2D eigenvalue weighted by Gasteiger charge is 2.14. The second-order valence-electron chi connectivity index (χ2n) is 3.89. The van der Waals surface area contributed by atoms with Gasteiger partial charge < -0.3 is 5.73 Å². The first-order chi connectivity index (χ1) is 8.11. The second-order valence-corrected chi connectivity index (χ2v) is 5.14. The van der Waals surface area contributed by atoms with Crippen molar-refractivity contribution < 1.29 is 4.79 Å². The van der Waals surface area contributed by atoms with Gasteiger partial charge in [0.1, 0.15) is 5.82 Å². The molecule has 0 aliphatic heterocycles. The summed E-state index contributed by atoms with van der Waals surface area (Å²) in [4.78, 5) is 14.4. The first kappa shape index (κ1) is 11.9. The van der Waals surface area contributed by atoms with Crippen molar-refractivity contribution in [3.8, 4) is 0 Å². The molecule has 5 heteroatoms. The van der Waals surface area contributed by atoms with E-state index in [4.69, 9.17) is 5.73 Å². The van der Waals surface area contributed by atoms with Crippen LogP contribution in [0.2, 0.25) is 0 Å². The predicted molar refractivity (Wildman–Crippen MR) is 69.4 cm³/mol. The molecule has 0 saturated carbocycles. The van der Waals surface area contributed by atoms with Gasteiger partial charge in [0.2, 0.25) is 0 Å². The summed E-state index contributed by atoms with van der Waals surface area (Å²) in [6.07, 6.45) is 2.94. The van der Waals surface area contributed by atoms with Gasteiger partial charge in [-0.1, -0.05) is 6.92 Å². The van der Waals surface area contributed by atoms with Crippen LogP contribution in [0, 0.1) is 0 Å². The Hall–Kier alpha value is -1.62. The van der Waals surface area contributed by atoms with E-state index in [0.29, 0.717) is 17.8 Å². The largest absolute Gasteiger partial charge is 0.383 e. The van der Waals surface area contributed by atoms with Gasteiger partial charge in [-0.3, -0.25) is 9.48 Å². The number of hydrogen-bond donors (Lipinski definition) is 1. The number of ketones is 1. The summed E-state index contributed by atoms with van der Waals surface area (Å²) in [5.41, 5.74) is 6.28. The van der Waals surface area contributed by atoms with Crippen LogP contribution in [0.5, 0.6) is 0 Å². The van der Waals surface area contributed by atoms with Crippen LogP contribution in [0.25, 0.3) is 0 Å². The fraction of sp³-hybridized carbons (Fsp3) is 0.333. The first-order valence-corrected chi connectivity index (χ1v) is 6.31. The number of nitrogens with two attached hydrogens (primary N) is 1. The minimum atomic E-state index is 0.0279. The standard InChI is InChI=1S/C12H15N3OS/c1-3-8-4-5-9(17-8)6-11(16)10-7-14-15(2)12(10)13/h4-5,7H,3,6,13H2,1-2H3. The molecule has 0 bridgehead atoms. The second kappa shape index (κ2) is 4.71. The molecule has 4 nitrogen and oxygen atoms in total. The van der Waals surface area contributed by atoms with Crippen LogP contribution >= 0.6 is 11.3 Å². The van der Waals surface area contributed by atoms with Gasteiger partial charge in [-0.25, -0.2) is 0 Å². The minimum absolute atomic E-state index is 0.0279. The molecule has 0 unspecified atom stereocenters. The lowest BCUT2D eigenvalue weighted by Crippen LogP contribution is -2.06. The van der Waals surface area contributed by atoms with Crippen molar-refractivity contribution >= 4 is 22.9 Å². The molecule has 2 heterocycles. The van der Waals surface area contributed by atoms with Crippen LogP contribution in [-0.2, 0) is 19.9 Å². The fourth-order valence-corrected chi connectivity index (χ4v) is 2.58. The number of nitrogen functional groups attached to an aromatic ring is 1. The molecule has 90 valence electrons. The average Bonchev–Trinajstić information content (AvgIpc) is 2.88. The van der Waals surface area contributed by atoms with Gasteiger partial charge in [0.25, 0.3) is 0 Å². The smallest absolute Gasteiger partial charge is 0.173 e. The molecular weight excluding hydrogens is 234 g/mol. The van der Waals surface area contributed by atoms with Crippen LogP contribution in [0.3, 0.4) is 0 Å². The van der Waals surface area contributed by atoms with Gasteiger partial charge in [0.05, 0.1) is 11.8 Å². The molecule has 0 aliphatic carbocycles. The summed E-state index contributed by atoms with van der Waals surface area (Å²) in [5, 5.41) is 3.97. The number of rotatable bonds is 4. The number of carbonyl (C=O) groups excluding carboxylic acids is 1. The number of anilines is 1. The summed E-state index contributed by atoms with van der Waals surface area (Å²) < 4.78 is 1.51. The Bertz CT molecular complexity index is 542. The predicted octanol–water partition coefficient (Wildman–Crippen LogP) is 2.05. The van der Waals surface area contributed by atoms with Gasteiger partial charge >= 0.3 is 0 Å². The molecule has 17 heavy (non-hydrogen) atoms. The van der Waals surface area contributed by atoms with E-state index in [2.05, 4.69) is 18.1 Å².